The summed E-state index contributed by atoms with van der Waals surface area (Å²) in [6.07, 6.45) is 0. The van der Waals surface area contributed by atoms with Crippen LogP contribution in [0.3, 0.4) is 0 Å². The Kier molecular flexibility index (Phi) is 4.03. The summed E-state index contributed by atoms with van der Waals surface area (Å²) in [7, 11) is 0. The monoisotopic (exact) mass is 276 g/mol. The molecule has 0 fully saturated rings. The average molecular weight is 278 g/mol. The first-order chi connectivity index (χ1) is 5.95. The highest BCUT2D eigenvalue weighted by Gasteiger charge is 2.23. The van der Waals surface area contributed by atoms with Gasteiger partial charge >= 0.3 is 0 Å². The molecule has 0 aliphatic heterocycles. The number of alkyl halides is 4. The van der Waals surface area contributed by atoms with Gasteiger partial charge in [0.2, 0.25) is 3.79 Å². The van der Waals surface area contributed by atoms with Gasteiger partial charge in [0, 0.05) is 16.5 Å². The van der Waals surface area contributed by atoms with Crippen LogP contribution in [0.4, 0.5) is 0 Å². The Morgan fingerprint density at radius 2 is 1.77 bits per heavy atom. The summed E-state index contributed by atoms with van der Waals surface area (Å²) < 4.78 is -1.43. The van der Waals surface area contributed by atoms with Crippen LogP contribution in [0.25, 0.3) is 0 Å². The van der Waals surface area contributed by atoms with Crippen molar-refractivity contribution in [3.63, 3.8) is 0 Å². The molecule has 72 valence electrons. The normalized spacial score (nSPS) is 11.8. The molecule has 0 radical (unpaired) electrons. The molecule has 0 saturated carbocycles. The molecular formula is C8H5Cl5. The van der Waals surface area contributed by atoms with E-state index in [9.17, 15) is 0 Å². The van der Waals surface area contributed by atoms with Crippen LogP contribution in [-0.2, 0) is 9.67 Å². The largest absolute Gasteiger partial charge is 0.216 e. The van der Waals surface area contributed by atoms with Crippen LogP contribution in [-0.4, -0.2) is 0 Å². The molecule has 0 nitrogen and oxygen atoms in total. The van der Waals surface area contributed by atoms with Gasteiger partial charge in [-0.05, 0) is 17.7 Å². The van der Waals surface area contributed by atoms with E-state index in [1.54, 1.807) is 18.2 Å². The first-order valence-corrected chi connectivity index (χ1v) is 5.41. The zero-order valence-electron chi connectivity index (χ0n) is 6.33. The Hall–Kier alpha value is 0.670. The highest BCUT2D eigenvalue weighted by molar-refractivity contribution is 6.66. The minimum atomic E-state index is -1.43. The first kappa shape index (κ1) is 11.7. The molecule has 0 atom stereocenters. The predicted molar refractivity (Wildman–Crippen MR) is 60.2 cm³/mol. The second-order valence-corrected chi connectivity index (χ2v) is 5.39. The third kappa shape index (κ3) is 3.07. The van der Waals surface area contributed by atoms with E-state index in [4.69, 9.17) is 58.0 Å². The molecule has 0 saturated heterocycles. The highest BCUT2D eigenvalue weighted by atomic mass is 35.6. The molecule has 0 amide bonds. The van der Waals surface area contributed by atoms with E-state index in [1.807, 2.05) is 0 Å². The third-order valence-electron chi connectivity index (χ3n) is 1.52. The zero-order chi connectivity index (χ0) is 10.1. The number of benzene rings is 1. The summed E-state index contributed by atoms with van der Waals surface area (Å²) in [5.74, 6) is 0.299. The lowest BCUT2D eigenvalue weighted by atomic mass is 10.1. The molecule has 0 aliphatic rings. The Bertz CT molecular complexity index is 302. The smallest absolute Gasteiger partial charge is 0.121 e. The lowest BCUT2D eigenvalue weighted by Gasteiger charge is -2.12. The minimum absolute atomic E-state index is 0.299. The molecule has 0 aromatic heterocycles. The summed E-state index contributed by atoms with van der Waals surface area (Å²) >= 11 is 28.5. The van der Waals surface area contributed by atoms with E-state index < -0.39 is 3.79 Å². The molecule has 0 spiro atoms. The van der Waals surface area contributed by atoms with Crippen LogP contribution < -0.4 is 0 Å². The van der Waals surface area contributed by atoms with Crippen molar-refractivity contribution in [3.05, 3.63) is 34.3 Å². The number of rotatable bonds is 1. The lowest BCUT2D eigenvalue weighted by molar-refractivity contribution is 1.21. The third-order valence-corrected chi connectivity index (χ3v) is 2.83. The van der Waals surface area contributed by atoms with Crippen molar-refractivity contribution in [2.45, 2.75) is 9.67 Å². The second kappa shape index (κ2) is 4.46. The standard InChI is InChI=1S/C8H5Cl5/c9-4-5-3-6(8(11,12)13)1-2-7(5)10/h1-3H,4H2. The van der Waals surface area contributed by atoms with Gasteiger partial charge in [0.25, 0.3) is 0 Å². The van der Waals surface area contributed by atoms with Gasteiger partial charge in [0.1, 0.15) is 0 Å². The summed E-state index contributed by atoms with van der Waals surface area (Å²) in [6.45, 7) is 0. The van der Waals surface area contributed by atoms with Gasteiger partial charge in [-0.3, -0.25) is 0 Å². The molecular weight excluding hydrogens is 273 g/mol. The minimum Gasteiger partial charge on any atom is -0.121 e. The van der Waals surface area contributed by atoms with Crippen LogP contribution in [0.2, 0.25) is 5.02 Å². The molecule has 0 aliphatic carbocycles. The maximum Gasteiger partial charge on any atom is 0.216 e. The Morgan fingerprint density at radius 3 is 2.23 bits per heavy atom. The van der Waals surface area contributed by atoms with Crippen molar-refractivity contribution in [2.75, 3.05) is 0 Å². The van der Waals surface area contributed by atoms with Gasteiger partial charge in [-0.2, -0.15) is 0 Å². The van der Waals surface area contributed by atoms with E-state index in [2.05, 4.69) is 0 Å². The van der Waals surface area contributed by atoms with Crippen molar-refractivity contribution < 1.29 is 0 Å². The van der Waals surface area contributed by atoms with Crippen molar-refractivity contribution in [2.24, 2.45) is 0 Å². The van der Waals surface area contributed by atoms with E-state index in [0.717, 1.165) is 5.56 Å². The van der Waals surface area contributed by atoms with E-state index >= 15 is 0 Å². The maximum absolute atomic E-state index is 5.83. The van der Waals surface area contributed by atoms with Crippen molar-refractivity contribution >= 4 is 58.0 Å². The van der Waals surface area contributed by atoms with Gasteiger partial charge in [0.15, 0.2) is 0 Å². The molecule has 0 bridgehead atoms. The Morgan fingerprint density at radius 1 is 1.15 bits per heavy atom. The van der Waals surface area contributed by atoms with Crippen LogP contribution in [0.1, 0.15) is 11.1 Å². The fraction of sp³-hybridized carbons (Fsp3) is 0.250. The lowest BCUT2D eigenvalue weighted by Crippen LogP contribution is -2.00. The molecule has 1 rings (SSSR count). The number of hydrogen-bond acceptors (Lipinski definition) is 0. The van der Waals surface area contributed by atoms with Gasteiger partial charge in [-0.15, -0.1) is 11.6 Å². The van der Waals surface area contributed by atoms with Crippen molar-refractivity contribution in [1.29, 1.82) is 0 Å². The van der Waals surface area contributed by atoms with Crippen molar-refractivity contribution in [1.82, 2.24) is 0 Å². The van der Waals surface area contributed by atoms with Crippen LogP contribution >= 0.6 is 58.0 Å². The van der Waals surface area contributed by atoms with Crippen LogP contribution in [0, 0.1) is 0 Å². The molecule has 0 N–H and O–H groups in total. The first-order valence-electron chi connectivity index (χ1n) is 3.36. The van der Waals surface area contributed by atoms with Gasteiger partial charge < -0.3 is 0 Å². The molecule has 0 unspecified atom stereocenters. The van der Waals surface area contributed by atoms with Crippen molar-refractivity contribution in [3.8, 4) is 0 Å². The molecule has 13 heavy (non-hydrogen) atoms. The number of halogens is 5. The summed E-state index contributed by atoms with van der Waals surface area (Å²) in [4.78, 5) is 0. The SMILES string of the molecule is ClCc1cc(C(Cl)(Cl)Cl)ccc1Cl. The summed E-state index contributed by atoms with van der Waals surface area (Å²) in [5, 5.41) is 0.577. The molecule has 1 aromatic rings. The highest BCUT2D eigenvalue weighted by Crippen LogP contribution is 2.39. The second-order valence-electron chi connectivity index (χ2n) is 2.44. The van der Waals surface area contributed by atoms with Crippen LogP contribution in [0.5, 0.6) is 0 Å². The summed E-state index contributed by atoms with van der Waals surface area (Å²) in [6, 6.07) is 5.00. The van der Waals surface area contributed by atoms with Gasteiger partial charge in [-0.25, -0.2) is 0 Å². The number of hydrogen-bond donors (Lipinski definition) is 0. The summed E-state index contributed by atoms with van der Waals surface area (Å²) in [5.41, 5.74) is 1.32. The van der Waals surface area contributed by atoms with E-state index in [-0.39, 0.29) is 0 Å². The zero-order valence-corrected chi connectivity index (χ0v) is 10.1. The fourth-order valence-electron chi connectivity index (χ4n) is 0.853. The molecule has 5 heteroatoms. The Balaban J connectivity index is 3.14. The molecule has 1 aromatic carbocycles. The van der Waals surface area contributed by atoms with E-state index in [1.165, 1.54) is 0 Å². The van der Waals surface area contributed by atoms with Gasteiger partial charge in [-0.1, -0.05) is 52.5 Å². The molecule has 0 heterocycles. The van der Waals surface area contributed by atoms with E-state index in [0.29, 0.717) is 16.5 Å². The fourth-order valence-corrected chi connectivity index (χ4v) is 1.68. The topological polar surface area (TPSA) is 0 Å². The quantitative estimate of drug-likeness (QED) is 0.641. The average Bonchev–Trinajstić information content (AvgIpc) is 2.03. The van der Waals surface area contributed by atoms with Crippen LogP contribution in [0.15, 0.2) is 18.2 Å². The maximum atomic E-state index is 5.83. The Labute approximate surface area is 102 Å². The predicted octanol–water partition coefficient (Wildman–Crippen LogP) is 4.91. The van der Waals surface area contributed by atoms with Gasteiger partial charge in [0.05, 0.1) is 0 Å².